The van der Waals surface area contributed by atoms with E-state index in [1.807, 2.05) is 39.0 Å². The summed E-state index contributed by atoms with van der Waals surface area (Å²) in [5.74, 6) is -0.391. The Hall–Kier alpha value is -2.83. The molecule has 1 aromatic heterocycles. The van der Waals surface area contributed by atoms with E-state index in [2.05, 4.69) is 10.4 Å². The largest absolute Gasteiger partial charge is 0.482 e. The Morgan fingerprint density at radius 3 is 2.52 bits per heavy atom. The highest BCUT2D eigenvalue weighted by atomic mass is 16.6. The Labute approximate surface area is 146 Å². The molecule has 25 heavy (non-hydrogen) atoms. The topological polar surface area (TPSA) is 82.4 Å². The number of ether oxygens (including phenoxy) is 2. The van der Waals surface area contributed by atoms with Crippen molar-refractivity contribution in [3.63, 3.8) is 0 Å². The molecule has 0 atom stereocenters. The second-order valence-electron chi connectivity index (χ2n) is 5.94. The van der Waals surface area contributed by atoms with Crippen LogP contribution in [0.4, 0.5) is 5.69 Å². The molecule has 0 saturated carbocycles. The van der Waals surface area contributed by atoms with Gasteiger partial charge in [0.05, 0.1) is 17.1 Å². The van der Waals surface area contributed by atoms with Crippen LogP contribution < -0.4 is 10.1 Å². The highest BCUT2D eigenvalue weighted by Crippen LogP contribution is 2.19. The summed E-state index contributed by atoms with van der Waals surface area (Å²) in [5.41, 5.74) is 4.14. The number of amides is 1. The molecule has 2 aromatic rings. The van der Waals surface area contributed by atoms with Gasteiger partial charge in [-0.15, -0.1) is 0 Å². The molecule has 1 N–H and O–H groups in total. The van der Waals surface area contributed by atoms with E-state index in [1.165, 1.54) is 0 Å². The van der Waals surface area contributed by atoms with Crippen LogP contribution in [0.1, 0.15) is 22.5 Å². The van der Waals surface area contributed by atoms with Gasteiger partial charge < -0.3 is 14.8 Å². The Balaban J connectivity index is 1.81. The molecular weight excluding hydrogens is 322 g/mol. The first-order valence-corrected chi connectivity index (χ1v) is 7.93. The summed E-state index contributed by atoms with van der Waals surface area (Å²) in [5, 5.41) is 6.92. The van der Waals surface area contributed by atoms with Crippen molar-refractivity contribution in [1.29, 1.82) is 0 Å². The molecule has 0 unspecified atom stereocenters. The van der Waals surface area contributed by atoms with Crippen LogP contribution in [0.3, 0.4) is 0 Å². The van der Waals surface area contributed by atoms with E-state index in [-0.39, 0.29) is 13.2 Å². The van der Waals surface area contributed by atoms with Crippen LogP contribution in [-0.2, 0) is 21.4 Å². The number of esters is 1. The second-order valence-corrected chi connectivity index (χ2v) is 5.94. The lowest BCUT2D eigenvalue weighted by Crippen LogP contribution is -2.24. The molecule has 0 aliphatic heterocycles. The SMILES string of the molecule is Cc1ccc(C)c(OCC(=O)OCC(=O)Nc2c(C)nn(C)c2C)c1. The standard InChI is InChI=1S/C18H23N3O4/c1-11-6-7-12(2)15(8-11)24-10-17(23)25-9-16(22)19-18-13(3)20-21(5)14(18)4/h6-8H,9-10H2,1-5H3,(H,19,22). The highest BCUT2D eigenvalue weighted by Gasteiger charge is 2.14. The van der Waals surface area contributed by atoms with Crippen LogP contribution in [0.25, 0.3) is 0 Å². The van der Waals surface area contributed by atoms with Crippen LogP contribution in [0, 0.1) is 27.7 Å². The van der Waals surface area contributed by atoms with E-state index in [1.54, 1.807) is 18.7 Å². The molecule has 0 bridgehead atoms. The number of aryl methyl sites for hydroxylation is 4. The molecule has 1 aromatic carbocycles. The average molecular weight is 345 g/mol. The summed E-state index contributed by atoms with van der Waals surface area (Å²) in [6.07, 6.45) is 0. The summed E-state index contributed by atoms with van der Waals surface area (Å²) >= 11 is 0. The molecule has 0 radical (unpaired) electrons. The number of rotatable bonds is 6. The zero-order chi connectivity index (χ0) is 18.6. The summed E-state index contributed by atoms with van der Waals surface area (Å²) in [7, 11) is 1.79. The zero-order valence-corrected chi connectivity index (χ0v) is 15.2. The number of carbonyl (C=O) groups is 2. The fourth-order valence-corrected chi connectivity index (χ4v) is 2.32. The number of aromatic nitrogens is 2. The highest BCUT2D eigenvalue weighted by molar-refractivity contribution is 5.93. The minimum Gasteiger partial charge on any atom is -0.482 e. The number of anilines is 1. The maximum atomic E-state index is 11.9. The molecule has 0 fully saturated rings. The Morgan fingerprint density at radius 2 is 1.88 bits per heavy atom. The van der Waals surface area contributed by atoms with Gasteiger partial charge in [-0.3, -0.25) is 9.48 Å². The number of carbonyl (C=O) groups excluding carboxylic acids is 2. The van der Waals surface area contributed by atoms with Crippen molar-refractivity contribution >= 4 is 17.6 Å². The smallest absolute Gasteiger partial charge is 0.344 e. The Morgan fingerprint density at radius 1 is 1.16 bits per heavy atom. The van der Waals surface area contributed by atoms with Crippen molar-refractivity contribution in [3.8, 4) is 5.75 Å². The third kappa shape index (κ3) is 4.82. The van der Waals surface area contributed by atoms with E-state index < -0.39 is 11.9 Å². The molecule has 1 amide bonds. The first-order valence-electron chi connectivity index (χ1n) is 7.93. The molecule has 7 nitrogen and oxygen atoms in total. The number of hydrogen-bond acceptors (Lipinski definition) is 5. The predicted octanol–water partition coefficient (Wildman–Crippen LogP) is 2.21. The van der Waals surface area contributed by atoms with E-state index in [4.69, 9.17) is 9.47 Å². The fourth-order valence-electron chi connectivity index (χ4n) is 2.32. The Bertz CT molecular complexity index is 796. The summed E-state index contributed by atoms with van der Waals surface area (Å²) in [4.78, 5) is 23.7. The first kappa shape index (κ1) is 18.5. The van der Waals surface area contributed by atoms with Gasteiger partial charge in [0.1, 0.15) is 5.75 Å². The zero-order valence-electron chi connectivity index (χ0n) is 15.2. The van der Waals surface area contributed by atoms with Crippen LogP contribution in [0.2, 0.25) is 0 Å². The van der Waals surface area contributed by atoms with Gasteiger partial charge in [-0.1, -0.05) is 12.1 Å². The van der Waals surface area contributed by atoms with Gasteiger partial charge in [-0.05, 0) is 44.9 Å². The summed E-state index contributed by atoms with van der Waals surface area (Å²) in [6.45, 7) is 6.86. The lowest BCUT2D eigenvalue weighted by Gasteiger charge is -2.10. The minimum absolute atomic E-state index is 0.247. The van der Waals surface area contributed by atoms with Gasteiger partial charge in [0, 0.05) is 7.05 Å². The third-order valence-corrected chi connectivity index (χ3v) is 3.83. The molecule has 0 aliphatic carbocycles. The van der Waals surface area contributed by atoms with Crippen molar-refractivity contribution in [2.75, 3.05) is 18.5 Å². The monoisotopic (exact) mass is 345 g/mol. The van der Waals surface area contributed by atoms with Crippen molar-refractivity contribution in [1.82, 2.24) is 9.78 Å². The maximum absolute atomic E-state index is 11.9. The van der Waals surface area contributed by atoms with Gasteiger partial charge in [-0.2, -0.15) is 5.10 Å². The lowest BCUT2D eigenvalue weighted by molar-refractivity contribution is -0.149. The fraction of sp³-hybridized carbons (Fsp3) is 0.389. The number of benzene rings is 1. The van der Waals surface area contributed by atoms with Crippen molar-refractivity contribution in [2.45, 2.75) is 27.7 Å². The van der Waals surface area contributed by atoms with Gasteiger partial charge >= 0.3 is 5.97 Å². The molecule has 0 saturated heterocycles. The maximum Gasteiger partial charge on any atom is 0.344 e. The van der Waals surface area contributed by atoms with Gasteiger partial charge in [0.25, 0.3) is 5.91 Å². The van der Waals surface area contributed by atoms with E-state index in [9.17, 15) is 9.59 Å². The Kier molecular flexibility index (Phi) is 5.80. The molecule has 0 spiro atoms. The number of nitrogens with zero attached hydrogens (tertiary/aromatic N) is 2. The number of nitrogens with one attached hydrogen (secondary N) is 1. The van der Waals surface area contributed by atoms with Crippen molar-refractivity contribution in [2.24, 2.45) is 7.05 Å². The van der Waals surface area contributed by atoms with Crippen LogP contribution in [0.5, 0.6) is 5.75 Å². The summed E-state index contributed by atoms with van der Waals surface area (Å²) in [6, 6.07) is 5.73. The van der Waals surface area contributed by atoms with Gasteiger partial charge in [-0.25, -0.2) is 4.79 Å². The quantitative estimate of drug-likeness (QED) is 0.812. The minimum atomic E-state index is -0.601. The van der Waals surface area contributed by atoms with Crippen LogP contribution in [0.15, 0.2) is 18.2 Å². The molecule has 0 aliphatic rings. The first-order chi connectivity index (χ1) is 11.8. The van der Waals surface area contributed by atoms with Crippen LogP contribution >= 0.6 is 0 Å². The van der Waals surface area contributed by atoms with E-state index in [0.717, 1.165) is 16.8 Å². The molecule has 7 heteroatoms. The van der Waals surface area contributed by atoms with Gasteiger partial charge in [0.15, 0.2) is 13.2 Å². The molecular formula is C18H23N3O4. The van der Waals surface area contributed by atoms with Crippen molar-refractivity contribution < 1.29 is 19.1 Å². The van der Waals surface area contributed by atoms with Crippen LogP contribution in [-0.4, -0.2) is 34.9 Å². The van der Waals surface area contributed by atoms with Gasteiger partial charge in [0.2, 0.25) is 0 Å². The predicted molar refractivity (Wildman–Crippen MR) is 93.7 cm³/mol. The lowest BCUT2D eigenvalue weighted by atomic mass is 10.1. The second kappa shape index (κ2) is 7.83. The molecule has 2 rings (SSSR count). The third-order valence-electron chi connectivity index (χ3n) is 3.83. The van der Waals surface area contributed by atoms with E-state index >= 15 is 0 Å². The van der Waals surface area contributed by atoms with E-state index in [0.29, 0.717) is 17.1 Å². The number of hydrogen-bond donors (Lipinski definition) is 1. The molecule has 134 valence electrons. The van der Waals surface area contributed by atoms with Crippen molar-refractivity contribution in [3.05, 3.63) is 40.7 Å². The average Bonchev–Trinajstić information content (AvgIpc) is 2.80. The normalized spacial score (nSPS) is 10.4. The molecule has 1 heterocycles. The summed E-state index contributed by atoms with van der Waals surface area (Å²) < 4.78 is 12.1.